The standard InChI is InChI=1S/C15H15N5O4/c21-11(19-10-3-1-9(2-4-10)15(23)24)5-6-20-8-18-12-13(20)16-7-17-14(12)22/h1-4,7,13H,5-6,8H2,(H,19,21)(H,23,24)(H,16,17,22). The zero-order valence-electron chi connectivity index (χ0n) is 12.6. The molecule has 1 aromatic rings. The second-order valence-corrected chi connectivity index (χ2v) is 5.43. The van der Waals surface area contributed by atoms with E-state index in [0.29, 0.717) is 24.6 Å². The average molecular weight is 329 g/mol. The number of carbonyl (C=O) groups is 3. The number of hydrogen-bond acceptors (Lipinski definition) is 6. The average Bonchev–Trinajstić information content (AvgIpc) is 2.98. The predicted molar refractivity (Wildman–Crippen MR) is 82.6 cm³/mol. The number of benzene rings is 1. The quantitative estimate of drug-likeness (QED) is 0.537. The first-order valence-corrected chi connectivity index (χ1v) is 7.37. The summed E-state index contributed by atoms with van der Waals surface area (Å²) in [7, 11) is 0. The Kier molecular flexibility index (Phi) is 4.34. The summed E-state index contributed by atoms with van der Waals surface area (Å²) in [6.45, 7) is 0.879. The van der Waals surface area contributed by atoms with Crippen LogP contribution in [0.1, 0.15) is 16.8 Å². The molecule has 2 aliphatic rings. The van der Waals surface area contributed by atoms with Crippen molar-refractivity contribution in [2.24, 2.45) is 9.98 Å². The number of nitrogens with zero attached hydrogens (tertiary/aromatic N) is 2. The lowest BCUT2D eigenvalue weighted by Crippen LogP contribution is -3.15. The summed E-state index contributed by atoms with van der Waals surface area (Å²) in [5, 5.41) is 15.8. The maximum absolute atomic E-state index is 12.0. The molecule has 2 unspecified atom stereocenters. The first-order valence-electron chi connectivity index (χ1n) is 7.37. The van der Waals surface area contributed by atoms with E-state index in [1.165, 1.54) is 30.6 Å². The maximum atomic E-state index is 12.0. The van der Waals surface area contributed by atoms with E-state index in [-0.39, 0.29) is 30.0 Å². The van der Waals surface area contributed by atoms with Crippen molar-refractivity contribution in [3.8, 4) is 0 Å². The third-order valence-corrected chi connectivity index (χ3v) is 3.83. The van der Waals surface area contributed by atoms with Crippen LogP contribution >= 0.6 is 0 Å². The summed E-state index contributed by atoms with van der Waals surface area (Å²) < 4.78 is 0. The molecule has 0 aliphatic carbocycles. The van der Waals surface area contributed by atoms with Gasteiger partial charge in [0.25, 0.3) is 5.91 Å². The molecule has 9 heteroatoms. The highest BCUT2D eigenvalue weighted by molar-refractivity contribution is 6.43. The van der Waals surface area contributed by atoms with Crippen LogP contribution in [-0.2, 0) is 9.59 Å². The van der Waals surface area contributed by atoms with Crippen LogP contribution in [-0.4, -0.2) is 49.2 Å². The first-order chi connectivity index (χ1) is 11.5. The van der Waals surface area contributed by atoms with Crippen LogP contribution in [0.15, 0.2) is 34.3 Å². The van der Waals surface area contributed by atoms with E-state index in [4.69, 9.17) is 0 Å². The van der Waals surface area contributed by atoms with Crippen LogP contribution in [0, 0.1) is 0 Å². The SMILES string of the molecule is O=C(CC[NH+]1CN=C2C(=O)NC=NC21)Nc1ccc(C(=O)[O-])cc1. The second-order valence-electron chi connectivity index (χ2n) is 5.43. The molecule has 124 valence electrons. The lowest BCUT2D eigenvalue weighted by atomic mass is 10.2. The molecule has 0 saturated carbocycles. The van der Waals surface area contributed by atoms with Crippen molar-refractivity contribution in [3.05, 3.63) is 29.8 Å². The number of carboxylic acids is 1. The van der Waals surface area contributed by atoms with Crippen LogP contribution in [0.2, 0.25) is 0 Å². The van der Waals surface area contributed by atoms with Gasteiger partial charge in [-0.05, 0) is 17.7 Å². The minimum absolute atomic E-state index is 0.0487. The third-order valence-electron chi connectivity index (χ3n) is 3.83. The third kappa shape index (κ3) is 3.30. The van der Waals surface area contributed by atoms with Gasteiger partial charge in [-0.25, -0.2) is 9.98 Å². The Bertz CT molecular complexity index is 741. The largest absolute Gasteiger partial charge is 0.545 e. The molecule has 9 nitrogen and oxygen atoms in total. The summed E-state index contributed by atoms with van der Waals surface area (Å²) >= 11 is 0. The van der Waals surface area contributed by atoms with Gasteiger partial charge in [0.05, 0.1) is 25.3 Å². The number of aromatic carboxylic acids is 1. The summed E-state index contributed by atoms with van der Waals surface area (Å²) in [5.41, 5.74) is 0.951. The van der Waals surface area contributed by atoms with Crippen molar-refractivity contribution in [1.29, 1.82) is 0 Å². The molecule has 0 spiro atoms. The first kappa shape index (κ1) is 15.8. The topological polar surface area (TPSA) is 127 Å². The molecule has 2 atom stereocenters. The number of hydrogen-bond donors (Lipinski definition) is 3. The summed E-state index contributed by atoms with van der Waals surface area (Å²) in [5.74, 6) is -1.72. The highest BCUT2D eigenvalue weighted by Crippen LogP contribution is 2.09. The highest BCUT2D eigenvalue weighted by atomic mass is 16.4. The molecule has 0 bridgehead atoms. The van der Waals surface area contributed by atoms with E-state index in [1.54, 1.807) is 0 Å². The number of quaternary nitrogens is 1. The Balaban J connectivity index is 1.51. The second kappa shape index (κ2) is 6.59. The van der Waals surface area contributed by atoms with Gasteiger partial charge in [0.1, 0.15) is 0 Å². The predicted octanol–water partition coefficient (Wildman–Crippen LogP) is -2.84. The van der Waals surface area contributed by atoms with Gasteiger partial charge < -0.3 is 20.5 Å². The molecule has 3 rings (SSSR count). The normalized spacial score (nSPS) is 21.7. The monoisotopic (exact) mass is 329 g/mol. The summed E-state index contributed by atoms with van der Waals surface area (Å²) in [6.07, 6.45) is 1.23. The zero-order valence-corrected chi connectivity index (χ0v) is 12.6. The van der Waals surface area contributed by atoms with Crippen molar-refractivity contribution >= 4 is 35.5 Å². The van der Waals surface area contributed by atoms with Gasteiger partial charge in [-0.3, -0.25) is 14.5 Å². The molecular weight excluding hydrogens is 314 g/mol. The number of nitrogens with one attached hydrogen (secondary N) is 3. The van der Waals surface area contributed by atoms with Crippen LogP contribution in [0.3, 0.4) is 0 Å². The molecule has 24 heavy (non-hydrogen) atoms. The van der Waals surface area contributed by atoms with E-state index in [0.717, 1.165) is 4.90 Å². The molecule has 2 aliphatic heterocycles. The Hall–Kier alpha value is -3.07. The molecule has 2 heterocycles. The molecule has 3 N–H and O–H groups in total. The van der Waals surface area contributed by atoms with Crippen molar-refractivity contribution in [1.82, 2.24) is 5.32 Å². The fourth-order valence-electron chi connectivity index (χ4n) is 2.57. The molecule has 0 aromatic heterocycles. The number of aliphatic imine (C=N–C) groups is 2. The van der Waals surface area contributed by atoms with Crippen LogP contribution in [0.4, 0.5) is 5.69 Å². The molecule has 0 radical (unpaired) electrons. The lowest BCUT2D eigenvalue weighted by Gasteiger charge is -2.20. The van der Waals surface area contributed by atoms with E-state index in [9.17, 15) is 19.5 Å². The van der Waals surface area contributed by atoms with Gasteiger partial charge in [-0.15, -0.1) is 0 Å². The Labute approximate surface area is 137 Å². The molecule has 2 amide bonds. The summed E-state index contributed by atoms with van der Waals surface area (Å²) in [4.78, 5) is 43.6. The highest BCUT2D eigenvalue weighted by Gasteiger charge is 2.38. The Morgan fingerprint density at radius 2 is 2.08 bits per heavy atom. The smallest absolute Gasteiger partial charge is 0.278 e. The summed E-state index contributed by atoms with van der Waals surface area (Å²) in [6, 6.07) is 5.74. The van der Waals surface area contributed by atoms with Gasteiger partial charge in [0, 0.05) is 5.69 Å². The van der Waals surface area contributed by atoms with Gasteiger partial charge in [0.2, 0.25) is 12.1 Å². The maximum Gasteiger partial charge on any atom is 0.278 e. The van der Waals surface area contributed by atoms with Crippen molar-refractivity contribution in [3.63, 3.8) is 0 Å². The minimum Gasteiger partial charge on any atom is -0.545 e. The van der Waals surface area contributed by atoms with E-state index in [1.807, 2.05) is 0 Å². The Morgan fingerprint density at radius 3 is 2.79 bits per heavy atom. The zero-order chi connectivity index (χ0) is 17.1. The number of fused-ring (bicyclic) bond motifs is 1. The fourth-order valence-corrected chi connectivity index (χ4v) is 2.57. The molecule has 0 fully saturated rings. The Morgan fingerprint density at radius 1 is 1.33 bits per heavy atom. The fraction of sp³-hybridized carbons (Fsp3) is 0.267. The van der Waals surface area contributed by atoms with E-state index >= 15 is 0 Å². The number of carboxylic acid groups (broad SMARTS) is 1. The van der Waals surface area contributed by atoms with Gasteiger partial charge in [0.15, 0.2) is 12.4 Å². The lowest BCUT2D eigenvalue weighted by molar-refractivity contribution is -0.907. The molecular formula is C15H15N5O4. The van der Waals surface area contributed by atoms with Gasteiger partial charge >= 0.3 is 0 Å². The number of amides is 2. The number of rotatable bonds is 5. The minimum atomic E-state index is -1.27. The van der Waals surface area contributed by atoms with Gasteiger partial charge in [-0.1, -0.05) is 12.1 Å². The van der Waals surface area contributed by atoms with Crippen molar-refractivity contribution in [2.75, 3.05) is 18.5 Å². The van der Waals surface area contributed by atoms with Crippen molar-refractivity contribution in [2.45, 2.75) is 12.6 Å². The van der Waals surface area contributed by atoms with Gasteiger partial charge in [-0.2, -0.15) is 0 Å². The van der Waals surface area contributed by atoms with E-state index in [2.05, 4.69) is 20.6 Å². The van der Waals surface area contributed by atoms with Crippen LogP contribution in [0.25, 0.3) is 0 Å². The molecule has 1 aromatic carbocycles. The van der Waals surface area contributed by atoms with E-state index < -0.39 is 5.97 Å². The molecule has 0 saturated heterocycles. The number of anilines is 1. The van der Waals surface area contributed by atoms with Crippen LogP contribution in [0.5, 0.6) is 0 Å². The van der Waals surface area contributed by atoms with Crippen molar-refractivity contribution < 1.29 is 24.4 Å². The number of carbonyl (C=O) groups excluding carboxylic acids is 3. The van der Waals surface area contributed by atoms with Crippen LogP contribution < -0.4 is 20.6 Å².